The van der Waals surface area contributed by atoms with Gasteiger partial charge in [-0.3, -0.25) is 9.69 Å². The fourth-order valence-electron chi connectivity index (χ4n) is 4.51. The molecule has 0 spiro atoms. The largest absolute Gasteiger partial charge is 0.494 e. The minimum absolute atomic E-state index is 0.0742. The fraction of sp³-hybridized carbons (Fsp3) is 0.241. The Balaban J connectivity index is 1.37. The lowest BCUT2D eigenvalue weighted by molar-refractivity contribution is 0.0630. The zero-order chi connectivity index (χ0) is 23.3. The lowest BCUT2D eigenvalue weighted by atomic mass is 10.0. The zero-order valence-corrected chi connectivity index (χ0v) is 19.5. The van der Waals surface area contributed by atoms with Crippen LogP contribution in [0.5, 0.6) is 5.75 Å². The summed E-state index contributed by atoms with van der Waals surface area (Å²) in [5.41, 5.74) is 4.62. The maximum Gasteiger partial charge on any atom is 0.254 e. The smallest absolute Gasteiger partial charge is 0.254 e. The molecule has 2 heterocycles. The Kier molecular flexibility index (Phi) is 6.54. The quantitative estimate of drug-likeness (QED) is 0.401. The van der Waals surface area contributed by atoms with Crippen molar-refractivity contribution in [1.29, 1.82) is 0 Å². The molecule has 0 saturated carbocycles. The van der Waals surface area contributed by atoms with E-state index < -0.39 is 0 Å². The number of fused-ring (bicyclic) bond motifs is 1. The minimum Gasteiger partial charge on any atom is -0.494 e. The summed E-state index contributed by atoms with van der Waals surface area (Å²) in [5, 5.41) is 0.897. The monoisotopic (exact) mass is 451 g/mol. The normalized spacial score (nSPS) is 14.3. The molecule has 0 unspecified atom stereocenters. The fourth-order valence-corrected chi connectivity index (χ4v) is 4.51. The van der Waals surface area contributed by atoms with Crippen molar-refractivity contribution in [3.63, 3.8) is 0 Å². The molecular weight excluding hydrogens is 422 g/mol. The summed E-state index contributed by atoms with van der Waals surface area (Å²) in [7, 11) is 0. The van der Waals surface area contributed by atoms with Gasteiger partial charge >= 0.3 is 0 Å². The summed E-state index contributed by atoms with van der Waals surface area (Å²) in [6.45, 7) is 6.71. The lowest BCUT2D eigenvalue weighted by Gasteiger charge is -2.35. The van der Waals surface area contributed by atoms with E-state index in [1.165, 1.54) is 5.56 Å². The van der Waals surface area contributed by atoms with Crippen LogP contribution in [0.25, 0.3) is 22.2 Å². The third-order valence-electron chi connectivity index (χ3n) is 6.32. The Morgan fingerprint density at radius 1 is 0.882 bits per heavy atom. The Morgan fingerprint density at radius 2 is 1.59 bits per heavy atom. The molecule has 5 heteroatoms. The Hall–Kier alpha value is -3.70. The number of amides is 1. The van der Waals surface area contributed by atoms with Gasteiger partial charge in [0.15, 0.2) is 0 Å². The number of rotatable bonds is 6. The Bertz CT molecular complexity index is 1260. The van der Waals surface area contributed by atoms with E-state index in [0.717, 1.165) is 60.6 Å². The van der Waals surface area contributed by atoms with Crippen LogP contribution in [0.1, 0.15) is 22.8 Å². The van der Waals surface area contributed by atoms with Gasteiger partial charge in [-0.1, -0.05) is 48.5 Å². The number of carbonyl (C=O) groups is 1. The summed E-state index contributed by atoms with van der Waals surface area (Å²) >= 11 is 0. The number of aromatic nitrogens is 1. The highest BCUT2D eigenvalue weighted by molar-refractivity contribution is 6.07. The highest BCUT2D eigenvalue weighted by Gasteiger charge is 2.24. The molecular formula is C29H29N3O2. The van der Waals surface area contributed by atoms with Crippen LogP contribution < -0.4 is 4.74 Å². The van der Waals surface area contributed by atoms with Gasteiger partial charge in [0.05, 0.1) is 23.4 Å². The lowest BCUT2D eigenvalue weighted by Crippen LogP contribution is -2.48. The number of para-hydroxylation sites is 1. The van der Waals surface area contributed by atoms with Crippen molar-refractivity contribution in [1.82, 2.24) is 14.8 Å². The van der Waals surface area contributed by atoms with Crippen LogP contribution in [-0.4, -0.2) is 53.5 Å². The predicted molar refractivity (Wildman–Crippen MR) is 136 cm³/mol. The maximum absolute atomic E-state index is 13.7. The molecule has 0 radical (unpaired) electrons. The van der Waals surface area contributed by atoms with E-state index in [1.54, 1.807) is 0 Å². The van der Waals surface area contributed by atoms with Crippen LogP contribution in [0.4, 0.5) is 0 Å². The van der Waals surface area contributed by atoms with E-state index in [4.69, 9.17) is 9.72 Å². The summed E-state index contributed by atoms with van der Waals surface area (Å²) in [6.07, 6.45) is 0. The number of benzene rings is 3. The van der Waals surface area contributed by atoms with Gasteiger partial charge in [0.25, 0.3) is 5.91 Å². The second kappa shape index (κ2) is 10.1. The van der Waals surface area contributed by atoms with Crippen molar-refractivity contribution in [2.45, 2.75) is 13.5 Å². The van der Waals surface area contributed by atoms with Crippen LogP contribution in [0.3, 0.4) is 0 Å². The molecule has 3 aromatic carbocycles. The Labute approximate surface area is 200 Å². The van der Waals surface area contributed by atoms with Crippen LogP contribution >= 0.6 is 0 Å². The molecule has 1 aliphatic heterocycles. The van der Waals surface area contributed by atoms with Crippen LogP contribution in [0, 0.1) is 0 Å². The summed E-state index contributed by atoms with van der Waals surface area (Å²) < 4.78 is 5.57. The molecule has 1 amide bonds. The number of hydrogen-bond acceptors (Lipinski definition) is 4. The van der Waals surface area contributed by atoms with Crippen molar-refractivity contribution in [3.8, 4) is 17.0 Å². The summed E-state index contributed by atoms with van der Waals surface area (Å²) in [4.78, 5) is 22.9. The van der Waals surface area contributed by atoms with Crippen molar-refractivity contribution < 1.29 is 9.53 Å². The first-order chi connectivity index (χ1) is 16.7. The number of ether oxygens (including phenoxy) is 1. The highest BCUT2D eigenvalue weighted by atomic mass is 16.5. The Morgan fingerprint density at radius 3 is 2.32 bits per heavy atom. The topological polar surface area (TPSA) is 45.7 Å². The van der Waals surface area contributed by atoms with Gasteiger partial charge in [0.2, 0.25) is 0 Å². The molecule has 0 aliphatic carbocycles. The molecule has 5 rings (SSSR count). The van der Waals surface area contributed by atoms with E-state index in [-0.39, 0.29) is 5.91 Å². The predicted octanol–water partition coefficient (Wildman–Crippen LogP) is 5.26. The SMILES string of the molecule is CCOc1ccc(-c2cc(C(=O)N3CCN(Cc4ccccc4)CC3)c3ccccc3n2)cc1. The van der Waals surface area contributed by atoms with Crippen molar-refractivity contribution >= 4 is 16.8 Å². The zero-order valence-electron chi connectivity index (χ0n) is 19.5. The van der Waals surface area contributed by atoms with Gasteiger partial charge in [-0.2, -0.15) is 0 Å². The first kappa shape index (κ1) is 22.1. The molecule has 0 atom stereocenters. The molecule has 1 fully saturated rings. The van der Waals surface area contributed by atoms with Gasteiger partial charge in [0, 0.05) is 43.7 Å². The second-order valence-electron chi connectivity index (χ2n) is 8.58. The summed E-state index contributed by atoms with van der Waals surface area (Å²) in [5.74, 6) is 0.905. The van der Waals surface area contributed by atoms with Crippen LogP contribution in [0.2, 0.25) is 0 Å². The van der Waals surface area contributed by atoms with E-state index in [0.29, 0.717) is 12.2 Å². The van der Waals surface area contributed by atoms with E-state index in [2.05, 4.69) is 29.2 Å². The minimum atomic E-state index is 0.0742. The number of hydrogen-bond donors (Lipinski definition) is 0. The number of pyridine rings is 1. The van der Waals surface area contributed by atoms with E-state index in [9.17, 15) is 4.79 Å². The third-order valence-corrected chi connectivity index (χ3v) is 6.32. The first-order valence-corrected chi connectivity index (χ1v) is 11.9. The molecule has 1 aliphatic rings. The van der Waals surface area contributed by atoms with Crippen LogP contribution in [0.15, 0.2) is 84.9 Å². The molecule has 172 valence electrons. The standard InChI is InChI=1S/C29H29N3O2/c1-2-34-24-14-12-23(13-15-24)28-20-26(25-10-6-7-11-27(25)30-28)29(33)32-18-16-31(17-19-32)21-22-8-4-3-5-9-22/h3-15,20H,2,16-19,21H2,1H3. The number of nitrogens with zero attached hydrogens (tertiary/aromatic N) is 3. The third kappa shape index (κ3) is 4.80. The molecule has 0 N–H and O–H groups in total. The van der Waals surface area contributed by atoms with Crippen molar-refractivity contribution in [2.75, 3.05) is 32.8 Å². The summed E-state index contributed by atoms with van der Waals surface area (Å²) in [6, 6.07) is 28.2. The van der Waals surface area contributed by atoms with Crippen molar-refractivity contribution in [3.05, 3.63) is 96.1 Å². The average Bonchev–Trinajstić information content (AvgIpc) is 2.89. The molecule has 1 saturated heterocycles. The van der Waals surface area contributed by atoms with Gasteiger partial charge in [0.1, 0.15) is 5.75 Å². The number of carbonyl (C=O) groups excluding carboxylic acids is 1. The molecule has 5 nitrogen and oxygen atoms in total. The van der Waals surface area contributed by atoms with Crippen molar-refractivity contribution in [2.24, 2.45) is 0 Å². The second-order valence-corrected chi connectivity index (χ2v) is 8.58. The number of piperazine rings is 1. The maximum atomic E-state index is 13.7. The molecule has 4 aromatic rings. The first-order valence-electron chi connectivity index (χ1n) is 11.9. The van der Waals surface area contributed by atoms with Gasteiger partial charge in [-0.25, -0.2) is 4.98 Å². The van der Waals surface area contributed by atoms with Gasteiger partial charge in [-0.15, -0.1) is 0 Å². The van der Waals surface area contributed by atoms with Crippen LogP contribution in [-0.2, 0) is 6.54 Å². The molecule has 34 heavy (non-hydrogen) atoms. The molecule has 0 bridgehead atoms. The highest BCUT2D eigenvalue weighted by Crippen LogP contribution is 2.27. The van der Waals surface area contributed by atoms with E-state index in [1.807, 2.05) is 72.5 Å². The van der Waals surface area contributed by atoms with E-state index >= 15 is 0 Å². The van der Waals surface area contributed by atoms with Gasteiger partial charge in [-0.05, 0) is 48.9 Å². The molecule has 1 aromatic heterocycles. The van der Waals surface area contributed by atoms with Gasteiger partial charge < -0.3 is 9.64 Å². The average molecular weight is 452 g/mol.